The molecule has 1 aromatic carbocycles. The topological polar surface area (TPSA) is 46.9 Å². The Morgan fingerprint density at radius 3 is 2.59 bits per heavy atom. The Kier molecular flexibility index (Phi) is 4.90. The van der Waals surface area contributed by atoms with Crippen molar-refractivity contribution in [1.29, 1.82) is 0 Å². The second kappa shape index (κ2) is 6.68. The van der Waals surface area contributed by atoms with Crippen LogP contribution >= 0.6 is 0 Å². The van der Waals surface area contributed by atoms with E-state index >= 15 is 0 Å². The fourth-order valence-electron chi connectivity index (χ4n) is 2.04. The molecule has 0 aliphatic heterocycles. The Labute approximate surface area is 128 Å². The van der Waals surface area contributed by atoms with Crippen LogP contribution in [0.5, 0.6) is 0 Å². The van der Waals surface area contributed by atoms with Gasteiger partial charge in [0, 0.05) is 18.7 Å². The molecule has 2 aromatic rings. The van der Waals surface area contributed by atoms with E-state index in [9.17, 15) is 13.6 Å². The fraction of sp³-hybridized carbons (Fsp3) is 0.375. The van der Waals surface area contributed by atoms with Gasteiger partial charge in [-0.1, -0.05) is 13.8 Å². The maximum Gasteiger partial charge on any atom is 0.271 e. The number of aryl methyl sites for hydroxylation is 1. The normalized spacial score (nSPS) is 11.0. The van der Waals surface area contributed by atoms with Gasteiger partial charge in [-0.2, -0.15) is 5.10 Å². The molecule has 22 heavy (non-hydrogen) atoms. The fourth-order valence-corrected chi connectivity index (χ4v) is 2.04. The van der Waals surface area contributed by atoms with Crippen LogP contribution in [0.15, 0.2) is 24.3 Å². The van der Waals surface area contributed by atoms with E-state index in [1.807, 2.05) is 20.8 Å². The number of aromatic nitrogens is 2. The van der Waals surface area contributed by atoms with Crippen LogP contribution in [0.3, 0.4) is 0 Å². The van der Waals surface area contributed by atoms with Crippen LogP contribution in [-0.2, 0) is 6.54 Å². The van der Waals surface area contributed by atoms with Crippen LogP contribution < -0.4 is 5.32 Å². The molecule has 0 radical (unpaired) electrons. The van der Waals surface area contributed by atoms with Crippen molar-refractivity contribution in [3.63, 3.8) is 0 Å². The molecule has 0 atom stereocenters. The molecule has 0 spiro atoms. The zero-order chi connectivity index (χ0) is 16.3. The molecule has 2 rings (SSSR count). The second-order valence-electron chi connectivity index (χ2n) is 5.46. The smallest absolute Gasteiger partial charge is 0.271 e. The molecule has 1 heterocycles. The summed E-state index contributed by atoms with van der Waals surface area (Å²) in [6.45, 7) is 6.94. The van der Waals surface area contributed by atoms with Gasteiger partial charge in [-0.3, -0.25) is 9.48 Å². The van der Waals surface area contributed by atoms with Crippen molar-refractivity contribution >= 4 is 5.91 Å². The monoisotopic (exact) mass is 307 g/mol. The molecular formula is C16H19F2N3O. The number of nitrogens with zero attached hydrogens (tertiary/aromatic N) is 2. The van der Waals surface area contributed by atoms with Gasteiger partial charge in [0.25, 0.3) is 5.91 Å². The lowest BCUT2D eigenvalue weighted by Gasteiger charge is -2.05. The van der Waals surface area contributed by atoms with Gasteiger partial charge < -0.3 is 5.32 Å². The summed E-state index contributed by atoms with van der Waals surface area (Å²) in [7, 11) is 0. The number of rotatable bonds is 5. The van der Waals surface area contributed by atoms with Crippen molar-refractivity contribution in [2.24, 2.45) is 5.92 Å². The highest BCUT2D eigenvalue weighted by Gasteiger charge is 2.16. The first-order valence-electron chi connectivity index (χ1n) is 7.23. The number of carbonyl (C=O) groups excluding carboxylic acids is 1. The largest absolute Gasteiger partial charge is 0.350 e. The molecule has 0 unspecified atom stereocenters. The van der Waals surface area contributed by atoms with Crippen LogP contribution in [0.4, 0.5) is 8.78 Å². The molecule has 0 saturated heterocycles. The number of halogens is 2. The number of nitrogens with one attached hydrogen (secondary N) is 1. The van der Waals surface area contributed by atoms with Gasteiger partial charge in [-0.15, -0.1) is 0 Å². The number of carbonyl (C=O) groups is 1. The maximum absolute atomic E-state index is 13.4. The van der Waals surface area contributed by atoms with Gasteiger partial charge in [-0.05, 0) is 37.1 Å². The average Bonchev–Trinajstić information content (AvgIpc) is 2.92. The summed E-state index contributed by atoms with van der Waals surface area (Å²) in [5.41, 5.74) is 1.33. The first kappa shape index (κ1) is 16.1. The summed E-state index contributed by atoms with van der Waals surface area (Å²) in [6.07, 6.45) is 0. The predicted octanol–water partition coefficient (Wildman–Crippen LogP) is 3.23. The lowest BCUT2D eigenvalue weighted by Crippen LogP contribution is -2.27. The van der Waals surface area contributed by atoms with E-state index in [1.165, 1.54) is 6.07 Å². The number of hydrogen-bond donors (Lipinski definition) is 1. The summed E-state index contributed by atoms with van der Waals surface area (Å²) in [4.78, 5) is 12.1. The van der Waals surface area contributed by atoms with Gasteiger partial charge in [-0.25, -0.2) is 8.78 Å². The molecule has 118 valence electrons. The lowest BCUT2D eigenvalue weighted by molar-refractivity contribution is 0.0943. The first-order valence-corrected chi connectivity index (χ1v) is 7.23. The number of hydrogen-bond acceptors (Lipinski definition) is 2. The van der Waals surface area contributed by atoms with Crippen LogP contribution in [-0.4, -0.2) is 22.2 Å². The Balaban J connectivity index is 2.32. The van der Waals surface area contributed by atoms with Gasteiger partial charge in [0.05, 0.1) is 5.69 Å². The van der Waals surface area contributed by atoms with Crippen LogP contribution in [0.2, 0.25) is 0 Å². The molecule has 0 aliphatic rings. The summed E-state index contributed by atoms with van der Waals surface area (Å²) in [6, 6.07) is 5.23. The molecule has 0 aliphatic carbocycles. The quantitative estimate of drug-likeness (QED) is 0.922. The molecule has 0 fully saturated rings. The van der Waals surface area contributed by atoms with Crippen LogP contribution in [0, 0.1) is 17.6 Å². The van der Waals surface area contributed by atoms with Gasteiger partial charge >= 0.3 is 0 Å². The van der Waals surface area contributed by atoms with E-state index in [0.717, 1.165) is 12.1 Å². The zero-order valence-corrected chi connectivity index (χ0v) is 12.9. The molecule has 6 heteroatoms. The standard InChI is InChI=1S/C16H19F2N3O/c1-4-21-15(11-5-6-12(17)13(18)7-11)8-14(20-21)16(22)19-9-10(2)3/h5-8,10H,4,9H2,1-3H3,(H,19,22). The third kappa shape index (κ3) is 3.50. The minimum atomic E-state index is -0.924. The molecule has 1 aromatic heterocycles. The summed E-state index contributed by atoms with van der Waals surface area (Å²) in [5.74, 6) is -1.76. The van der Waals surface area contributed by atoms with E-state index in [0.29, 0.717) is 30.3 Å². The highest BCUT2D eigenvalue weighted by molar-refractivity contribution is 5.93. The van der Waals surface area contributed by atoms with Gasteiger partial charge in [0.15, 0.2) is 17.3 Å². The Morgan fingerprint density at radius 1 is 1.27 bits per heavy atom. The van der Waals surface area contributed by atoms with Crippen molar-refractivity contribution in [2.75, 3.05) is 6.54 Å². The Bertz CT molecular complexity index is 680. The minimum absolute atomic E-state index is 0.266. The van der Waals surface area contributed by atoms with Crippen molar-refractivity contribution in [3.05, 3.63) is 41.6 Å². The Morgan fingerprint density at radius 2 is 2.00 bits per heavy atom. The molecular weight excluding hydrogens is 288 g/mol. The highest BCUT2D eigenvalue weighted by atomic mass is 19.2. The molecule has 4 nitrogen and oxygen atoms in total. The average molecular weight is 307 g/mol. The molecule has 1 N–H and O–H groups in total. The van der Waals surface area contributed by atoms with E-state index in [4.69, 9.17) is 0 Å². The Hall–Kier alpha value is -2.24. The third-order valence-corrected chi connectivity index (χ3v) is 3.20. The van der Waals surface area contributed by atoms with Crippen molar-refractivity contribution < 1.29 is 13.6 Å². The molecule has 1 amide bonds. The van der Waals surface area contributed by atoms with Crippen LogP contribution in [0.25, 0.3) is 11.3 Å². The van der Waals surface area contributed by atoms with E-state index in [-0.39, 0.29) is 11.6 Å². The van der Waals surface area contributed by atoms with E-state index < -0.39 is 11.6 Å². The second-order valence-corrected chi connectivity index (χ2v) is 5.46. The number of amides is 1. The lowest BCUT2D eigenvalue weighted by atomic mass is 10.1. The van der Waals surface area contributed by atoms with E-state index in [1.54, 1.807) is 10.7 Å². The van der Waals surface area contributed by atoms with Crippen molar-refractivity contribution in [2.45, 2.75) is 27.3 Å². The summed E-state index contributed by atoms with van der Waals surface area (Å²) < 4.78 is 28.0. The highest BCUT2D eigenvalue weighted by Crippen LogP contribution is 2.23. The summed E-state index contributed by atoms with van der Waals surface area (Å²) >= 11 is 0. The van der Waals surface area contributed by atoms with Gasteiger partial charge in [0.1, 0.15) is 0 Å². The van der Waals surface area contributed by atoms with Crippen molar-refractivity contribution in [3.8, 4) is 11.3 Å². The van der Waals surface area contributed by atoms with Crippen LogP contribution in [0.1, 0.15) is 31.3 Å². The van der Waals surface area contributed by atoms with E-state index in [2.05, 4.69) is 10.4 Å². The number of benzene rings is 1. The zero-order valence-electron chi connectivity index (χ0n) is 12.9. The van der Waals surface area contributed by atoms with Gasteiger partial charge in [0.2, 0.25) is 0 Å². The maximum atomic E-state index is 13.4. The predicted molar refractivity (Wildman–Crippen MR) is 80.4 cm³/mol. The third-order valence-electron chi connectivity index (χ3n) is 3.20. The molecule has 0 bridgehead atoms. The SMILES string of the molecule is CCn1nc(C(=O)NCC(C)C)cc1-c1ccc(F)c(F)c1. The summed E-state index contributed by atoms with van der Waals surface area (Å²) in [5, 5.41) is 7.01. The molecule has 0 saturated carbocycles. The minimum Gasteiger partial charge on any atom is -0.350 e. The first-order chi connectivity index (χ1) is 10.4. The van der Waals surface area contributed by atoms with Crippen molar-refractivity contribution in [1.82, 2.24) is 15.1 Å².